The second-order valence-corrected chi connectivity index (χ2v) is 3.21. The smallest absolute Gasteiger partial charge is 0.158 e. The average molecular weight is 158 g/mol. The number of ether oxygens (including phenoxy) is 2. The van der Waals surface area contributed by atoms with E-state index in [1.807, 2.05) is 0 Å². The zero-order valence-electron chi connectivity index (χ0n) is 7.51. The molecule has 1 aliphatic heterocycles. The van der Waals surface area contributed by atoms with E-state index >= 15 is 0 Å². The second-order valence-electron chi connectivity index (χ2n) is 3.21. The summed E-state index contributed by atoms with van der Waals surface area (Å²) in [5, 5.41) is 0. The lowest BCUT2D eigenvalue weighted by Crippen LogP contribution is -2.08. The van der Waals surface area contributed by atoms with Crippen LogP contribution in [0.1, 0.15) is 39.5 Å². The molecule has 0 spiro atoms. The first kappa shape index (κ1) is 9.01. The van der Waals surface area contributed by atoms with Crippen LogP contribution in [0.25, 0.3) is 0 Å². The minimum atomic E-state index is 0.0940. The summed E-state index contributed by atoms with van der Waals surface area (Å²) < 4.78 is 10.9. The Morgan fingerprint density at radius 2 is 2.18 bits per heavy atom. The van der Waals surface area contributed by atoms with Gasteiger partial charge in [0.2, 0.25) is 0 Å². The molecule has 1 aliphatic rings. The molecule has 11 heavy (non-hydrogen) atoms. The van der Waals surface area contributed by atoms with Gasteiger partial charge in [0.1, 0.15) is 0 Å². The molecule has 0 aromatic rings. The Labute approximate surface area is 68.9 Å². The Kier molecular flexibility index (Phi) is 3.87. The predicted molar refractivity (Wildman–Crippen MR) is 44.4 cm³/mol. The van der Waals surface area contributed by atoms with Gasteiger partial charge in [0.05, 0.1) is 12.7 Å². The molecule has 0 aromatic carbocycles. The second kappa shape index (κ2) is 4.73. The fraction of sp³-hybridized carbons (Fsp3) is 1.00. The van der Waals surface area contributed by atoms with Gasteiger partial charge in [0, 0.05) is 0 Å². The summed E-state index contributed by atoms with van der Waals surface area (Å²) in [5.74, 6) is 0. The van der Waals surface area contributed by atoms with Crippen molar-refractivity contribution in [1.82, 2.24) is 0 Å². The molecule has 0 aliphatic carbocycles. The number of unbranched alkanes of at least 4 members (excludes halogenated alkanes) is 2. The molecule has 0 bridgehead atoms. The average Bonchev–Trinajstić information content (AvgIpc) is 2.37. The molecule has 0 saturated carbocycles. The fourth-order valence-electron chi connectivity index (χ4n) is 1.29. The predicted octanol–water partition coefficient (Wildman–Crippen LogP) is 2.33. The maximum atomic E-state index is 5.49. The molecule has 0 unspecified atom stereocenters. The van der Waals surface area contributed by atoms with Crippen molar-refractivity contribution in [2.24, 2.45) is 0 Å². The monoisotopic (exact) mass is 158 g/mol. The van der Waals surface area contributed by atoms with Crippen molar-refractivity contribution in [2.45, 2.75) is 51.9 Å². The van der Waals surface area contributed by atoms with Crippen molar-refractivity contribution in [1.29, 1.82) is 0 Å². The minimum absolute atomic E-state index is 0.0940. The van der Waals surface area contributed by atoms with Crippen molar-refractivity contribution in [3.05, 3.63) is 0 Å². The highest BCUT2D eigenvalue weighted by Crippen LogP contribution is 2.16. The highest BCUT2D eigenvalue weighted by molar-refractivity contribution is 4.59. The van der Waals surface area contributed by atoms with E-state index in [0.717, 1.165) is 13.0 Å². The maximum Gasteiger partial charge on any atom is 0.158 e. The summed E-state index contributed by atoms with van der Waals surface area (Å²) in [6.45, 7) is 5.04. The van der Waals surface area contributed by atoms with E-state index in [1.54, 1.807) is 0 Å². The van der Waals surface area contributed by atoms with Gasteiger partial charge in [-0.25, -0.2) is 0 Å². The molecule has 1 rings (SSSR count). The van der Waals surface area contributed by atoms with Crippen LogP contribution in [-0.2, 0) is 9.47 Å². The Morgan fingerprint density at radius 3 is 2.73 bits per heavy atom. The maximum absolute atomic E-state index is 5.49. The van der Waals surface area contributed by atoms with E-state index in [-0.39, 0.29) is 6.29 Å². The van der Waals surface area contributed by atoms with Gasteiger partial charge in [0.15, 0.2) is 6.29 Å². The standard InChI is InChI=1S/C9H18O2/c1-3-4-5-6-9-10-7-8(2)11-9/h8-9H,3-7H2,1-2H3/t8-,9-/m0/s1. The minimum Gasteiger partial charge on any atom is -0.350 e. The van der Waals surface area contributed by atoms with Crippen molar-refractivity contribution in [3.8, 4) is 0 Å². The third-order valence-corrected chi connectivity index (χ3v) is 1.94. The van der Waals surface area contributed by atoms with E-state index in [2.05, 4.69) is 13.8 Å². The van der Waals surface area contributed by atoms with Gasteiger partial charge in [-0.15, -0.1) is 0 Å². The van der Waals surface area contributed by atoms with Crippen molar-refractivity contribution in [2.75, 3.05) is 6.61 Å². The van der Waals surface area contributed by atoms with Crippen LogP contribution in [0.5, 0.6) is 0 Å². The van der Waals surface area contributed by atoms with Gasteiger partial charge in [0.25, 0.3) is 0 Å². The Hall–Kier alpha value is -0.0800. The van der Waals surface area contributed by atoms with Gasteiger partial charge in [-0.3, -0.25) is 0 Å². The number of rotatable bonds is 4. The molecule has 0 radical (unpaired) electrons. The molecule has 2 nitrogen and oxygen atoms in total. The highest BCUT2D eigenvalue weighted by atomic mass is 16.7. The third kappa shape index (κ3) is 3.21. The fourth-order valence-corrected chi connectivity index (χ4v) is 1.29. The molecule has 2 heteroatoms. The highest BCUT2D eigenvalue weighted by Gasteiger charge is 2.21. The van der Waals surface area contributed by atoms with Gasteiger partial charge >= 0.3 is 0 Å². The first-order valence-corrected chi connectivity index (χ1v) is 4.60. The number of hydrogen-bond donors (Lipinski definition) is 0. The number of hydrogen-bond acceptors (Lipinski definition) is 2. The van der Waals surface area contributed by atoms with Crippen LogP contribution in [0.4, 0.5) is 0 Å². The summed E-state index contributed by atoms with van der Waals surface area (Å²) in [5.41, 5.74) is 0. The van der Waals surface area contributed by atoms with E-state index in [0.29, 0.717) is 6.10 Å². The zero-order chi connectivity index (χ0) is 8.10. The van der Waals surface area contributed by atoms with E-state index in [9.17, 15) is 0 Å². The molecule has 0 aromatic heterocycles. The summed E-state index contributed by atoms with van der Waals surface area (Å²) >= 11 is 0. The molecule has 1 heterocycles. The van der Waals surface area contributed by atoms with Crippen LogP contribution < -0.4 is 0 Å². The molecule has 1 saturated heterocycles. The summed E-state index contributed by atoms with van der Waals surface area (Å²) in [7, 11) is 0. The van der Waals surface area contributed by atoms with Crippen LogP contribution in [0.3, 0.4) is 0 Å². The molecule has 1 fully saturated rings. The largest absolute Gasteiger partial charge is 0.350 e. The first-order valence-electron chi connectivity index (χ1n) is 4.60. The Balaban J connectivity index is 1.99. The molecule has 2 atom stereocenters. The van der Waals surface area contributed by atoms with Crippen LogP contribution in [0.2, 0.25) is 0 Å². The van der Waals surface area contributed by atoms with Crippen LogP contribution >= 0.6 is 0 Å². The lowest BCUT2D eigenvalue weighted by atomic mass is 10.2. The SMILES string of the molecule is CCCCC[C@H]1OC[C@H](C)O1. The van der Waals surface area contributed by atoms with Gasteiger partial charge < -0.3 is 9.47 Å². The van der Waals surface area contributed by atoms with Crippen LogP contribution in [0, 0.1) is 0 Å². The lowest BCUT2D eigenvalue weighted by molar-refractivity contribution is -0.0603. The molecule has 0 amide bonds. The first-order chi connectivity index (χ1) is 5.33. The molecule has 0 N–H and O–H groups in total. The summed E-state index contributed by atoms with van der Waals surface area (Å²) in [6.07, 6.45) is 5.25. The van der Waals surface area contributed by atoms with Gasteiger partial charge in [-0.05, 0) is 19.8 Å². The zero-order valence-corrected chi connectivity index (χ0v) is 7.51. The Morgan fingerprint density at radius 1 is 1.36 bits per heavy atom. The normalized spacial score (nSPS) is 31.1. The van der Waals surface area contributed by atoms with E-state index < -0.39 is 0 Å². The molecular weight excluding hydrogens is 140 g/mol. The van der Waals surface area contributed by atoms with E-state index in [1.165, 1.54) is 19.3 Å². The lowest BCUT2D eigenvalue weighted by Gasteiger charge is -2.08. The summed E-state index contributed by atoms with van der Waals surface area (Å²) in [6, 6.07) is 0. The topological polar surface area (TPSA) is 18.5 Å². The molecule has 66 valence electrons. The van der Waals surface area contributed by atoms with Crippen LogP contribution in [0.15, 0.2) is 0 Å². The Bertz CT molecular complexity index is 104. The quantitative estimate of drug-likeness (QED) is 0.585. The summed E-state index contributed by atoms with van der Waals surface area (Å²) in [4.78, 5) is 0. The molecular formula is C9H18O2. The third-order valence-electron chi connectivity index (χ3n) is 1.94. The van der Waals surface area contributed by atoms with Crippen molar-refractivity contribution in [3.63, 3.8) is 0 Å². The van der Waals surface area contributed by atoms with Gasteiger partial charge in [-0.1, -0.05) is 19.8 Å². The van der Waals surface area contributed by atoms with Crippen molar-refractivity contribution < 1.29 is 9.47 Å². The van der Waals surface area contributed by atoms with Crippen molar-refractivity contribution >= 4 is 0 Å². The van der Waals surface area contributed by atoms with E-state index in [4.69, 9.17) is 9.47 Å². The van der Waals surface area contributed by atoms with Crippen LogP contribution in [-0.4, -0.2) is 19.0 Å². The van der Waals surface area contributed by atoms with Gasteiger partial charge in [-0.2, -0.15) is 0 Å².